The molecule has 1 heterocycles. The highest BCUT2D eigenvalue weighted by Gasteiger charge is 2.20. The maximum Gasteiger partial charge on any atom is 0.107 e. The van der Waals surface area contributed by atoms with E-state index in [1.54, 1.807) is 0 Å². The molecule has 1 aliphatic heterocycles. The van der Waals surface area contributed by atoms with Crippen molar-refractivity contribution < 1.29 is 10.2 Å². The van der Waals surface area contributed by atoms with Crippen molar-refractivity contribution in [2.24, 2.45) is 0 Å². The highest BCUT2D eigenvalue weighted by atomic mass is 16.3. The van der Waals surface area contributed by atoms with Gasteiger partial charge in [-0.15, -0.1) is 0 Å². The molecular formula is C16H25NO2. The number of hydrogen-bond acceptors (Lipinski definition) is 3. The Bertz CT molecular complexity index is 349. The Kier molecular flexibility index (Phi) is 5.83. The van der Waals surface area contributed by atoms with Crippen LogP contribution < -0.4 is 0 Å². The number of piperidine rings is 1. The van der Waals surface area contributed by atoms with Crippen LogP contribution in [0.2, 0.25) is 0 Å². The highest BCUT2D eigenvalue weighted by Crippen LogP contribution is 2.23. The fraction of sp³-hybridized carbons (Fsp3) is 0.625. The van der Waals surface area contributed by atoms with Crippen molar-refractivity contribution in [3.8, 4) is 0 Å². The topological polar surface area (TPSA) is 43.7 Å². The van der Waals surface area contributed by atoms with Crippen molar-refractivity contribution in [2.75, 3.05) is 19.7 Å². The first kappa shape index (κ1) is 14.5. The Morgan fingerprint density at radius 2 is 1.68 bits per heavy atom. The number of hydrogen-bond donors (Lipinski definition) is 2. The molecule has 2 atom stereocenters. The molecule has 0 bridgehead atoms. The maximum atomic E-state index is 10.2. The molecule has 0 spiro atoms. The Balaban J connectivity index is 1.82. The number of nitrogens with zero attached hydrogens (tertiary/aromatic N) is 1. The van der Waals surface area contributed by atoms with E-state index in [2.05, 4.69) is 4.90 Å². The summed E-state index contributed by atoms with van der Waals surface area (Å²) < 4.78 is 0. The lowest BCUT2D eigenvalue weighted by Crippen LogP contribution is -2.39. The van der Waals surface area contributed by atoms with Crippen molar-refractivity contribution in [1.82, 2.24) is 4.90 Å². The number of likely N-dealkylation sites (tertiary alicyclic amines) is 1. The van der Waals surface area contributed by atoms with Crippen LogP contribution in [0.15, 0.2) is 30.3 Å². The molecular weight excluding hydrogens is 238 g/mol. The molecule has 0 aliphatic carbocycles. The van der Waals surface area contributed by atoms with Crippen LogP contribution in [-0.2, 0) is 0 Å². The zero-order chi connectivity index (χ0) is 13.5. The zero-order valence-electron chi connectivity index (χ0n) is 11.5. The van der Waals surface area contributed by atoms with Crippen LogP contribution >= 0.6 is 0 Å². The van der Waals surface area contributed by atoms with Crippen LogP contribution in [0, 0.1) is 0 Å². The summed E-state index contributed by atoms with van der Waals surface area (Å²) in [6.45, 7) is 2.17. The SMILES string of the molecule is OCC(CCC(O)N1CCCCC1)c1ccccc1. The predicted octanol–water partition coefficient (Wildman–Crippen LogP) is 2.35. The number of aliphatic hydroxyl groups excluding tert-OH is 2. The van der Waals surface area contributed by atoms with Gasteiger partial charge in [-0.3, -0.25) is 4.90 Å². The second-order valence-electron chi connectivity index (χ2n) is 5.44. The predicted molar refractivity (Wildman–Crippen MR) is 76.9 cm³/mol. The van der Waals surface area contributed by atoms with Gasteiger partial charge in [0.05, 0.1) is 0 Å². The molecule has 3 heteroatoms. The van der Waals surface area contributed by atoms with Gasteiger partial charge in [0.25, 0.3) is 0 Å². The minimum absolute atomic E-state index is 0.139. The smallest absolute Gasteiger partial charge is 0.107 e. The van der Waals surface area contributed by atoms with E-state index in [9.17, 15) is 10.2 Å². The van der Waals surface area contributed by atoms with Gasteiger partial charge in [0.15, 0.2) is 0 Å². The van der Waals surface area contributed by atoms with E-state index in [0.717, 1.165) is 31.5 Å². The minimum Gasteiger partial charge on any atom is -0.396 e. The van der Waals surface area contributed by atoms with Crippen LogP contribution in [0.4, 0.5) is 0 Å². The summed E-state index contributed by atoms with van der Waals surface area (Å²) in [5, 5.41) is 19.7. The second kappa shape index (κ2) is 7.63. The molecule has 3 nitrogen and oxygen atoms in total. The summed E-state index contributed by atoms with van der Waals surface area (Å²) in [4.78, 5) is 2.17. The third kappa shape index (κ3) is 4.30. The lowest BCUT2D eigenvalue weighted by molar-refractivity contribution is -0.0164. The normalized spacial score (nSPS) is 20.1. The number of benzene rings is 1. The van der Waals surface area contributed by atoms with Crippen molar-refractivity contribution in [1.29, 1.82) is 0 Å². The Hall–Kier alpha value is -0.900. The van der Waals surface area contributed by atoms with Crippen LogP contribution in [0.25, 0.3) is 0 Å². The molecule has 2 rings (SSSR count). The molecule has 2 unspecified atom stereocenters. The summed E-state index contributed by atoms with van der Waals surface area (Å²) in [7, 11) is 0. The summed E-state index contributed by atoms with van der Waals surface area (Å²) in [6, 6.07) is 10.1. The summed E-state index contributed by atoms with van der Waals surface area (Å²) >= 11 is 0. The highest BCUT2D eigenvalue weighted by molar-refractivity contribution is 5.19. The third-order valence-corrected chi connectivity index (χ3v) is 4.08. The summed E-state index contributed by atoms with van der Waals surface area (Å²) in [5.41, 5.74) is 1.16. The molecule has 2 N–H and O–H groups in total. The molecule has 19 heavy (non-hydrogen) atoms. The number of rotatable bonds is 6. The Labute approximate surface area is 115 Å². The van der Waals surface area contributed by atoms with Crippen molar-refractivity contribution in [3.63, 3.8) is 0 Å². The van der Waals surface area contributed by atoms with Crippen molar-refractivity contribution in [3.05, 3.63) is 35.9 Å². The first-order valence-corrected chi connectivity index (χ1v) is 7.39. The Morgan fingerprint density at radius 1 is 1.00 bits per heavy atom. The van der Waals surface area contributed by atoms with E-state index in [-0.39, 0.29) is 18.8 Å². The fourth-order valence-corrected chi connectivity index (χ4v) is 2.84. The van der Waals surface area contributed by atoms with Gasteiger partial charge >= 0.3 is 0 Å². The third-order valence-electron chi connectivity index (χ3n) is 4.08. The second-order valence-corrected chi connectivity index (χ2v) is 5.44. The van der Waals surface area contributed by atoms with Gasteiger partial charge in [0.2, 0.25) is 0 Å². The van der Waals surface area contributed by atoms with E-state index in [4.69, 9.17) is 0 Å². The minimum atomic E-state index is -0.349. The monoisotopic (exact) mass is 263 g/mol. The summed E-state index contributed by atoms with van der Waals surface area (Å²) in [6.07, 6.45) is 4.89. The lowest BCUT2D eigenvalue weighted by atomic mass is 9.94. The van der Waals surface area contributed by atoms with Crippen LogP contribution in [-0.4, -0.2) is 41.0 Å². The van der Waals surface area contributed by atoms with E-state index in [1.807, 2.05) is 30.3 Å². The van der Waals surface area contributed by atoms with Gasteiger partial charge in [0.1, 0.15) is 6.23 Å². The van der Waals surface area contributed by atoms with E-state index >= 15 is 0 Å². The van der Waals surface area contributed by atoms with Crippen molar-refractivity contribution in [2.45, 2.75) is 44.2 Å². The van der Waals surface area contributed by atoms with Crippen LogP contribution in [0.5, 0.6) is 0 Å². The largest absolute Gasteiger partial charge is 0.396 e. The van der Waals surface area contributed by atoms with Gasteiger partial charge in [-0.25, -0.2) is 0 Å². The van der Waals surface area contributed by atoms with Crippen molar-refractivity contribution >= 4 is 0 Å². The first-order valence-electron chi connectivity index (χ1n) is 7.39. The lowest BCUT2D eigenvalue weighted by Gasteiger charge is -2.31. The summed E-state index contributed by atoms with van der Waals surface area (Å²) in [5.74, 6) is 0.139. The first-order chi connectivity index (χ1) is 9.31. The number of aliphatic hydroxyl groups is 2. The average molecular weight is 263 g/mol. The average Bonchev–Trinajstić information content (AvgIpc) is 2.49. The van der Waals surface area contributed by atoms with Crippen LogP contribution in [0.1, 0.15) is 43.6 Å². The van der Waals surface area contributed by atoms with Gasteiger partial charge in [0, 0.05) is 25.6 Å². The zero-order valence-corrected chi connectivity index (χ0v) is 11.5. The molecule has 0 aromatic heterocycles. The molecule has 0 amide bonds. The van der Waals surface area contributed by atoms with Crippen LogP contribution in [0.3, 0.4) is 0 Å². The van der Waals surface area contributed by atoms with Gasteiger partial charge in [-0.2, -0.15) is 0 Å². The van der Waals surface area contributed by atoms with E-state index in [0.29, 0.717) is 0 Å². The molecule has 1 aromatic rings. The van der Waals surface area contributed by atoms with Gasteiger partial charge in [-0.05, 0) is 31.2 Å². The van der Waals surface area contributed by atoms with E-state index in [1.165, 1.54) is 19.3 Å². The fourth-order valence-electron chi connectivity index (χ4n) is 2.84. The molecule has 1 aromatic carbocycles. The molecule has 1 aliphatic rings. The molecule has 0 radical (unpaired) electrons. The molecule has 1 fully saturated rings. The standard InChI is InChI=1S/C16H25NO2/c18-13-15(14-7-3-1-4-8-14)9-10-16(19)17-11-5-2-6-12-17/h1,3-4,7-8,15-16,18-19H,2,5-6,9-13H2. The quantitative estimate of drug-likeness (QED) is 0.828. The van der Waals surface area contributed by atoms with Gasteiger partial charge < -0.3 is 10.2 Å². The molecule has 0 saturated carbocycles. The Morgan fingerprint density at radius 3 is 2.32 bits per heavy atom. The van der Waals surface area contributed by atoms with Gasteiger partial charge in [-0.1, -0.05) is 36.8 Å². The molecule has 106 valence electrons. The van der Waals surface area contributed by atoms with E-state index < -0.39 is 0 Å². The maximum absolute atomic E-state index is 10.2. The molecule has 1 saturated heterocycles.